The van der Waals surface area contributed by atoms with Crippen LogP contribution in [0.3, 0.4) is 0 Å². The Hall–Kier alpha value is -3.02. The molecule has 1 aliphatic rings. The van der Waals surface area contributed by atoms with Crippen LogP contribution in [0.1, 0.15) is 51.0 Å². The number of ether oxygens (including phenoxy) is 2. The van der Waals surface area contributed by atoms with Crippen LogP contribution in [0.25, 0.3) is 0 Å². The van der Waals surface area contributed by atoms with Gasteiger partial charge < -0.3 is 19.7 Å². The summed E-state index contributed by atoms with van der Waals surface area (Å²) in [5, 5.41) is 3.19. The maximum Gasteiger partial charge on any atom is 0.261 e. The lowest BCUT2D eigenvalue weighted by atomic mass is 9.95. The Bertz CT molecular complexity index is 865. The zero-order valence-corrected chi connectivity index (χ0v) is 19.1. The van der Waals surface area contributed by atoms with Crippen molar-refractivity contribution in [2.24, 2.45) is 0 Å². The fourth-order valence-electron chi connectivity index (χ4n) is 4.20. The van der Waals surface area contributed by atoms with E-state index in [0.717, 1.165) is 31.2 Å². The molecule has 1 N–H and O–H groups in total. The zero-order chi connectivity index (χ0) is 22.8. The quantitative estimate of drug-likeness (QED) is 0.600. The van der Waals surface area contributed by atoms with E-state index in [-0.39, 0.29) is 24.5 Å². The van der Waals surface area contributed by atoms with E-state index in [1.165, 1.54) is 6.42 Å². The van der Waals surface area contributed by atoms with E-state index in [2.05, 4.69) is 5.32 Å². The molecule has 0 heterocycles. The summed E-state index contributed by atoms with van der Waals surface area (Å²) < 4.78 is 11.1. The van der Waals surface area contributed by atoms with Gasteiger partial charge in [0, 0.05) is 12.6 Å². The minimum absolute atomic E-state index is 0.0824. The Labute approximate surface area is 190 Å². The second kappa shape index (κ2) is 12.1. The Morgan fingerprint density at radius 1 is 1.00 bits per heavy atom. The molecule has 3 rings (SSSR count). The number of methoxy groups -OCH3 is 1. The van der Waals surface area contributed by atoms with Gasteiger partial charge in [-0.3, -0.25) is 9.59 Å². The second-order valence-corrected chi connectivity index (χ2v) is 8.21. The summed E-state index contributed by atoms with van der Waals surface area (Å²) in [5.74, 6) is 0.756. The number of hydrogen-bond donors (Lipinski definition) is 1. The van der Waals surface area contributed by atoms with E-state index < -0.39 is 6.04 Å². The van der Waals surface area contributed by atoms with E-state index in [9.17, 15) is 9.59 Å². The Kier molecular flexibility index (Phi) is 8.96. The highest BCUT2D eigenvalue weighted by Crippen LogP contribution is 2.26. The van der Waals surface area contributed by atoms with Gasteiger partial charge in [0.05, 0.1) is 7.11 Å². The van der Waals surface area contributed by atoms with Crippen molar-refractivity contribution in [3.8, 4) is 11.5 Å². The molecule has 32 heavy (non-hydrogen) atoms. The minimum atomic E-state index is -0.550. The number of carbonyl (C=O) groups excluding carboxylic acids is 2. The van der Waals surface area contributed by atoms with Crippen molar-refractivity contribution in [2.75, 3.05) is 13.7 Å². The molecule has 0 spiro atoms. The van der Waals surface area contributed by atoms with E-state index >= 15 is 0 Å². The highest BCUT2D eigenvalue weighted by Gasteiger charge is 2.30. The Balaban J connectivity index is 1.74. The van der Waals surface area contributed by atoms with Gasteiger partial charge >= 0.3 is 0 Å². The number of carbonyl (C=O) groups is 2. The van der Waals surface area contributed by atoms with Crippen LogP contribution in [0, 0.1) is 0 Å². The molecule has 6 nitrogen and oxygen atoms in total. The molecule has 0 saturated heterocycles. The molecule has 1 atom stereocenters. The molecule has 0 bridgehead atoms. The zero-order valence-electron chi connectivity index (χ0n) is 19.1. The number of para-hydroxylation sites is 2. The van der Waals surface area contributed by atoms with Crippen LogP contribution in [0.4, 0.5) is 0 Å². The third kappa shape index (κ3) is 6.49. The van der Waals surface area contributed by atoms with E-state index in [4.69, 9.17) is 9.47 Å². The van der Waals surface area contributed by atoms with Gasteiger partial charge in [-0.25, -0.2) is 0 Å². The first kappa shape index (κ1) is 23.6. The van der Waals surface area contributed by atoms with Crippen molar-refractivity contribution in [3.63, 3.8) is 0 Å². The van der Waals surface area contributed by atoms with Gasteiger partial charge in [0.15, 0.2) is 18.1 Å². The molecular formula is C26H34N2O4. The first-order valence-corrected chi connectivity index (χ1v) is 11.5. The molecule has 0 aromatic heterocycles. The van der Waals surface area contributed by atoms with Crippen LogP contribution < -0.4 is 14.8 Å². The molecule has 1 fully saturated rings. The van der Waals surface area contributed by atoms with Crippen molar-refractivity contribution < 1.29 is 19.1 Å². The Morgan fingerprint density at radius 3 is 2.31 bits per heavy atom. The van der Waals surface area contributed by atoms with Gasteiger partial charge in [0.1, 0.15) is 6.04 Å². The summed E-state index contributed by atoms with van der Waals surface area (Å²) in [6, 6.07) is 16.6. The SMILES string of the molecule is CCC(C(=O)NC1CCCCC1)N(Cc1ccccc1)C(=O)COc1ccccc1OC. The number of nitrogens with one attached hydrogen (secondary N) is 1. The molecule has 0 aliphatic heterocycles. The maximum absolute atomic E-state index is 13.3. The third-order valence-electron chi connectivity index (χ3n) is 5.95. The Morgan fingerprint density at radius 2 is 1.66 bits per heavy atom. The maximum atomic E-state index is 13.3. The molecular weight excluding hydrogens is 404 g/mol. The normalized spacial score (nSPS) is 14.9. The predicted molar refractivity (Wildman–Crippen MR) is 125 cm³/mol. The van der Waals surface area contributed by atoms with Crippen LogP contribution in [-0.4, -0.2) is 42.5 Å². The van der Waals surface area contributed by atoms with Gasteiger partial charge in [-0.15, -0.1) is 0 Å². The van der Waals surface area contributed by atoms with Gasteiger partial charge in [-0.2, -0.15) is 0 Å². The van der Waals surface area contributed by atoms with Crippen molar-refractivity contribution >= 4 is 11.8 Å². The van der Waals surface area contributed by atoms with Crippen LogP contribution in [-0.2, 0) is 16.1 Å². The van der Waals surface area contributed by atoms with Gasteiger partial charge in [-0.05, 0) is 37.0 Å². The largest absolute Gasteiger partial charge is 0.493 e. The average Bonchev–Trinajstić information content (AvgIpc) is 2.83. The standard InChI is InChI=1S/C26H34N2O4/c1-3-22(26(30)27-21-14-8-5-9-15-21)28(18-20-12-6-4-7-13-20)25(29)19-32-24-17-11-10-16-23(24)31-2/h4,6-7,10-13,16-17,21-22H,3,5,8-9,14-15,18-19H2,1-2H3,(H,27,30). The summed E-state index contributed by atoms with van der Waals surface area (Å²) in [5.41, 5.74) is 0.974. The highest BCUT2D eigenvalue weighted by atomic mass is 16.5. The second-order valence-electron chi connectivity index (χ2n) is 8.21. The van der Waals surface area contributed by atoms with Crippen molar-refractivity contribution in [1.29, 1.82) is 0 Å². The van der Waals surface area contributed by atoms with E-state index in [1.54, 1.807) is 24.1 Å². The van der Waals surface area contributed by atoms with Crippen LogP contribution in [0.15, 0.2) is 54.6 Å². The van der Waals surface area contributed by atoms with E-state index in [0.29, 0.717) is 24.5 Å². The molecule has 1 unspecified atom stereocenters. The molecule has 2 aromatic carbocycles. The summed E-state index contributed by atoms with van der Waals surface area (Å²) in [6.45, 7) is 2.13. The smallest absolute Gasteiger partial charge is 0.261 e. The van der Waals surface area contributed by atoms with Crippen LogP contribution in [0.2, 0.25) is 0 Å². The van der Waals surface area contributed by atoms with Gasteiger partial charge in [-0.1, -0.05) is 68.7 Å². The number of hydrogen-bond acceptors (Lipinski definition) is 4. The lowest BCUT2D eigenvalue weighted by molar-refractivity contribution is -0.143. The topological polar surface area (TPSA) is 67.9 Å². The number of amides is 2. The molecule has 2 amide bonds. The van der Waals surface area contributed by atoms with Gasteiger partial charge in [0.2, 0.25) is 5.91 Å². The predicted octanol–water partition coefficient (Wildman–Crippen LogP) is 4.33. The number of rotatable bonds is 10. The summed E-state index contributed by atoms with van der Waals surface area (Å²) in [6.07, 6.45) is 6.05. The lowest BCUT2D eigenvalue weighted by Crippen LogP contribution is -2.52. The lowest BCUT2D eigenvalue weighted by Gasteiger charge is -2.32. The average molecular weight is 439 g/mol. The van der Waals surface area contributed by atoms with Crippen LogP contribution in [0.5, 0.6) is 11.5 Å². The van der Waals surface area contributed by atoms with E-state index in [1.807, 2.05) is 49.4 Å². The van der Waals surface area contributed by atoms with Crippen LogP contribution >= 0.6 is 0 Å². The molecule has 1 saturated carbocycles. The third-order valence-corrected chi connectivity index (χ3v) is 5.95. The number of benzene rings is 2. The fraction of sp³-hybridized carbons (Fsp3) is 0.462. The molecule has 172 valence electrons. The monoisotopic (exact) mass is 438 g/mol. The molecule has 2 aromatic rings. The first-order chi connectivity index (χ1) is 15.6. The summed E-state index contributed by atoms with van der Waals surface area (Å²) >= 11 is 0. The first-order valence-electron chi connectivity index (χ1n) is 11.5. The summed E-state index contributed by atoms with van der Waals surface area (Å²) in [7, 11) is 1.56. The fourth-order valence-corrected chi connectivity index (χ4v) is 4.20. The van der Waals surface area contributed by atoms with Crippen molar-refractivity contribution in [1.82, 2.24) is 10.2 Å². The molecule has 1 aliphatic carbocycles. The van der Waals surface area contributed by atoms with Gasteiger partial charge in [0.25, 0.3) is 5.91 Å². The highest BCUT2D eigenvalue weighted by molar-refractivity contribution is 5.88. The summed E-state index contributed by atoms with van der Waals surface area (Å²) in [4.78, 5) is 28.1. The molecule has 0 radical (unpaired) electrons. The number of nitrogens with zero attached hydrogens (tertiary/aromatic N) is 1. The van der Waals surface area contributed by atoms with Crippen molar-refractivity contribution in [2.45, 2.75) is 64.1 Å². The minimum Gasteiger partial charge on any atom is -0.493 e. The molecule has 6 heteroatoms. The van der Waals surface area contributed by atoms with Crippen molar-refractivity contribution in [3.05, 3.63) is 60.2 Å².